The van der Waals surface area contributed by atoms with Gasteiger partial charge in [-0.15, -0.1) is 0 Å². The van der Waals surface area contributed by atoms with Gasteiger partial charge in [-0.2, -0.15) is 0 Å². The highest BCUT2D eigenvalue weighted by molar-refractivity contribution is 5.73. The van der Waals surface area contributed by atoms with Gasteiger partial charge in [-0.05, 0) is 30.5 Å². The van der Waals surface area contributed by atoms with E-state index in [2.05, 4.69) is 5.32 Å². The van der Waals surface area contributed by atoms with Crippen LogP contribution < -0.4 is 5.32 Å². The predicted octanol–water partition coefficient (Wildman–Crippen LogP) is 2.06. The topological polar surface area (TPSA) is 35.6 Å². The Balaban J connectivity index is 1.74. The average Bonchev–Trinajstić information content (AvgIpc) is 2.46. The summed E-state index contributed by atoms with van der Waals surface area (Å²) < 4.78 is 12.8. The molecule has 20 heavy (non-hydrogen) atoms. The second kappa shape index (κ2) is 6.70. The van der Waals surface area contributed by atoms with Gasteiger partial charge in [0.05, 0.1) is 0 Å². The molecule has 2 rings (SSSR count). The normalized spacial score (nSPS) is 16.2. The molecule has 4 nitrogen and oxygen atoms in total. The standard InChI is InChI=1S/C15H22FN3O/c1-18(2)15(20)19-9-7-14(8-10-19)17-11-12-3-5-13(16)6-4-12/h3-6,14,17H,7-11H2,1-2H3. The Hall–Kier alpha value is -1.62. The third-order valence-corrected chi connectivity index (χ3v) is 3.66. The van der Waals surface area contributed by atoms with Crippen LogP contribution in [0, 0.1) is 5.82 Å². The second-order valence-electron chi connectivity index (χ2n) is 5.45. The molecular formula is C15H22FN3O. The van der Waals surface area contributed by atoms with Crippen molar-refractivity contribution in [1.82, 2.24) is 15.1 Å². The van der Waals surface area contributed by atoms with E-state index in [1.54, 1.807) is 31.1 Å². The second-order valence-corrected chi connectivity index (χ2v) is 5.45. The van der Waals surface area contributed by atoms with Crippen molar-refractivity contribution < 1.29 is 9.18 Å². The summed E-state index contributed by atoms with van der Waals surface area (Å²) in [5, 5.41) is 3.47. The van der Waals surface area contributed by atoms with E-state index in [9.17, 15) is 9.18 Å². The molecule has 5 heteroatoms. The van der Waals surface area contributed by atoms with Crippen LogP contribution in [0.3, 0.4) is 0 Å². The third-order valence-electron chi connectivity index (χ3n) is 3.66. The lowest BCUT2D eigenvalue weighted by molar-refractivity contribution is 0.152. The van der Waals surface area contributed by atoms with Gasteiger partial charge in [0.15, 0.2) is 0 Å². The number of nitrogens with zero attached hydrogens (tertiary/aromatic N) is 2. The number of nitrogens with one attached hydrogen (secondary N) is 1. The largest absolute Gasteiger partial charge is 0.331 e. The van der Waals surface area contributed by atoms with Gasteiger partial charge in [0.2, 0.25) is 0 Å². The SMILES string of the molecule is CN(C)C(=O)N1CCC(NCc2ccc(F)cc2)CC1. The number of likely N-dealkylation sites (tertiary alicyclic amines) is 1. The number of hydrogen-bond acceptors (Lipinski definition) is 2. The number of urea groups is 1. The molecule has 1 heterocycles. The van der Waals surface area contributed by atoms with E-state index in [4.69, 9.17) is 0 Å². The molecule has 110 valence electrons. The molecular weight excluding hydrogens is 257 g/mol. The van der Waals surface area contributed by atoms with Gasteiger partial charge < -0.3 is 15.1 Å². The van der Waals surface area contributed by atoms with Crippen molar-refractivity contribution in [2.45, 2.75) is 25.4 Å². The Kier molecular flexibility index (Phi) is 4.95. The van der Waals surface area contributed by atoms with Crippen LogP contribution in [0.1, 0.15) is 18.4 Å². The van der Waals surface area contributed by atoms with Crippen LogP contribution in [-0.4, -0.2) is 49.1 Å². The number of halogens is 1. The first kappa shape index (κ1) is 14.8. The molecule has 0 aromatic heterocycles. The van der Waals surface area contributed by atoms with E-state index in [1.807, 2.05) is 4.90 Å². The van der Waals surface area contributed by atoms with Gasteiger partial charge in [-0.1, -0.05) is 12.1 Å². The van der Waals surface area contributed by atoms with E-state index in [0.717, 1.165) is 38.0 Å². The Bertz CT molecular complexity index is 439. The summed E-state index contributed by atoms with van der Waals surface area (Å²) in [6, 6.07) is 7.07. The maximum Gasteiger partial charge on any atom is 0.319 e. The summed E-state index contributed by atoms with van der Waals surface area (Å²) in [6.07, 6.45) is 1.92. The summed E-state index contributed by atoms with van der Waals surface area (Å²) >= 11 is 0. The van der Waals surface area contributed by atoms with Crippen molar-refractivity contribution in [1.29, 1.82) is 0 Å². The van der Waals surface area contributed by atoms with E-state index in [-0.39, 0.29) is 11.8 Å². The molecule has 0 saturated carbocycles. The molecule has 2 amide bonds. The lowest BCUT2D eigenvalue weighted by Crippen LogP contribution is -2.47. The Labute approximate surface area is 119 Å². The highest BCUT2D eigenvalue weighted by Crippen LogP contribution is 2.12. The van der Waals surface area contributed by atoms with Crippen LogP contribution in [0.5, 0.6) is 0 Å². The van der Waals surface area contributed by atoms with Crippen LogP contribution in [0.15, 0.2) is 24.3 Å². The molecule has 0 aliphatic carbocycles. The van der Waals surface area contributed by atoms with Crippen LogP contribution in [0.4, 0.5) is 9.18 Å². The van der Waals surface area contributed by atoms with Crippen LogP contribution >= 0.6 is 0 Å². The zero-order valence-electron chi connectivity index (χ0n) is 12.1. The molecule has 0 bridgehead atoms. The minimum Gasteiger partial charge on any atom is -0.331 e. The number of carbonyl (C=O) groups excluding carboxylic acids is 1. The fourth-order valence-electron chi connectivity index (χ4n) is 2.42. The predicted molar refractivity (Wildman–Crippen MR) is 76.9 cm³/mol. The van der Waals surface area contributed by atoms with Crippen molar-refractivity contribution in [3.05, 3.63) is 35.6 Å². The summed E-state index contributed by atoms with van der Waals surface area (Å²) in [4.78, 5) is 15.3. The van der Waals surface area contributed by atoms with Crippen molar-refractivity contribution in [2.75, 3.05) is 27.2 Å². The molecule has 1 saturated heterocycles. The fraction of sp³-hybridized carbons (Fsp3) is 0.533. The summed E-state index contributed by atoms with van der Waals surface area (Å²) in [5.74, 6) is -0.204. The average molecular weight is 279 g/mol. The van der Waals surface area contributed by atoms with Crippen molar-refractivity contribution >= 4 is 6.03 Å². The molecule has 1 aliphatic heterocycles. The lowest BCUT2D eigenvalue weighted by Gasteiger charge is -2.34. The molecule has 0 atom stereocenters. The summed E-state index contributed by atoms with van der Waals surface area (Å²) in [6.45, 7) is 2.32. The van der Waals surface area contributed by atoms with Gasteiger partial charge in [0, 0.05) is 39.8 Å². The van der Waals surface area contributed by atoms with Gasteiger partial charge in [-0.25, -0.2) is 9.18 Å². The number of hydrogen-bond donors (Lipinski definition) is 1. The first-order valence-electron chi connectivity index (χ1n) is 7.00. The Morgan fingerprint density at radius 3 is 2.45 bits per heavy atom. The minimum absolute atomic E-state index is 0.0852. The van der Waals surface area contributed by atoms with E-state index in [0.29, 0.717) is 6.04 Å². The quantitative estimate of drug-likeness (QED) is 0.919. The van der Waals surface area contributed by atoms with Gasteiger partial charge in [0.1, 0.15) is 5.82 Å². The number of benzene rings is 1. The summed E-state index contributed by atoms with van der Waals surface area (Å²) in [5.41, 5.74) is 1.08. The molecule has 0 unspecified atom stereocenters. The maximum absolute atomic E-state index is 12.8. The van der Waals surface area contributed by atoms with Crippen molar-refractivity contribution in [3.8, 4) is 0 Å². The Morgan fingerprint density at radius 1 is 1.30 bits per heavy atom. The smallest absolute Gasteiger partial charge is 0.319 e. The van der Waals surface area contributed by atoms with Gasteiger partial charge >= 0.3 is 6.03 Å². The number of carbonyl (C=O) groups is 1. The highest BCUT2D eigenvalue weighted by atomic mass is 19.1. The number of rotatable bonds is 3. The van der Waals surface area contributed by atoms with E-state index < -0.39 is 0 Å². The first-order chi connectivity index (χ1) is 9.56. The molecule has 1 aliphatic rings. The minimum atomic E-state index is -0.204. The van der Waals surface area contributed by atoms with Crippen LogP contribution in [0.2, 0.25) is 0 Å². The first-order valence-corrected chi connectivity index (χ1v) is 7.00. The number of piperidine rings is 1. The van der Waals surface area contributed by atoms with Crippen molar-refractivity contribution in [2.24, 2.45) is 0 Å². The molecule has 1 fully saturated rings. The van der Waals surface area contributed by atoms with Crippen LogP contribution in [-0.2, 0) is 6.54 Å². The molecule has 0 spiro atoms. The molecule has 1 N–H and O–H groups in total. The zero-order chi connectivity index (χ0) is 14.5. The highest BCUT2D eigenvalue weighted by Gasteiger charge is 2.23. The van der Waals surface area contributed by atoms with Gasteiger partial charge in [-0.3, -0.25) is 0 Å². The van der Waals surface area contributed by atoms with Crippen LogP contribution in [0.25, 0.3) is 0 Å². The molecule has 1 aromatic carbocycles. The Morgan fingerprint density at radius 2 is 1.90 bits per heavy atom. The van der Waals surface area contributed by atoms with Gasteiger partial charge in [0.25, 0.3) is 0 Å². The van der Waals surface area contributed by atoms with E-state index in [1.165, 1.54) is 12.1 Å². The zero-order valence-corrected chi connectivity index (χ0v) is 12.1. The molecule has 0 radical (unpaired) electrons. The fourth-order valence-corrected chi connectivity index (χ4v) is 2.42. The lowest BCUT2D eigenvalue weighted by atomic mass is 10.0. The maximum atomic E-state index is 12.8. The molecule has 1 aromatic rings. The monoisotopic (exact) mass is 279 g/mol. The van der Waals surface area contributed by atoms with Crippen molar-refractivity contribution in [3.63, 3.8) is 0 Å². The van der Waals surface area contributed by atoms with E-state index >= 15 is 0 Å². The number of amides is 2. The third kappa shape index (κ3) is 3.93. The summed E-state index contributed by atoms with van der Waals surface area (Å²) in [7, 11) is 3.56.